The minimum Gasteiger partial charge on any atom is -0.267 e. The summed E-state index contributed by atoms with van der Waals surface area (Å²) in [5, 5.41) is 3.82. The summed E-state index contributed by atoms with van der Waals surface area (Å²) in [7, 11) is 0. The zero-order valence-corrected chi connectivity index (χ0v) is 10.8. The first-order valence-electron chi connectivity index (χ1n) is 6.28. The van der Waals surface area contributed by atoms with Gasteiger partial charge in [-0.3, -0.25) is 4.79 Å². The van der Waals surface area contributed by atoms with Gasteiger partial charge in [0.1, 0.15) is 0 Å². The Morgan fingerprint density at radius 2 is 1.68 bits per heavy atom. The van der Waals surface area contributed by atoms with Crippen LogP contribution in [-0.2, 0) is 0 Å². The van der Waals surface area contributed by atoms with Crippen molar-refractivity contribution in [2.45, 2.75) is 13.3 Å². The van der Waals surface area contributed by atoms with Crippen molar-refractivity contribution in [3.63, 3.8) is 0 Å². The second kappa shape index (κ2) is 6.50. The number of carbonyl (C=O) groups excluding carboxylic acids is 1. The second-order valence-corrected chi connectivity index (χ2v) is 4.10. The molecule has 3 nitrogen and oxygen atoms in total. The molecule has 0 aliphatic carbocycles. The maximum atomic E-state index is 11.7. The fourth-order valence-corrected chi connectivity index (χ4v) is 1.70. The van der Waals surface area contributed by atoms with Gasteiger partial charge in [0, 0.05) is 11.8 Å². The summed E-state index contributed by atoms with van der Waals surface area (Å²) in [5.74, 6) is -0.190. The minimum absolute atomic E-state index is 0.190. The van der Waals surface area contributed by atoms with Gasteiger partial charge < -0.3 is 0 Å². The first-order valence-corrected chi connectivity index (χ1v) is 6.28. The van der Waals surface area contributed by atoms with Gasteiger partial charge in [-0.25, -0.2) is 5.43 Å². The van der Waals surface area contributed by atoms with Crippen LogP contribution in [0.2, 0.25) is 0 Å². The summed E-state index contributed by atoms with van der Waals surface area (Å²) < 4.78 is 0. The summed E-state index contributed by atoms with van der Waals surface area (Å²) in [6, 6.07) is 17.5. The van der Waals surface area contributed by atoms with Gasteiger partial charge in [-0.2, -0.15) is 5.10 Å². The molecule has 0 bridgehead atoms. The number of hydrogen-bond donors (Lipinski definition) is 1. The average molecular weight is 252 g/mol. The van der Waals surface area contributed by atoms with Gasteiger partial charge in [0.25, 0.3) is 5.91 Å². The lowest BCUT2D eigenvalue weighted by molar-refractivity contribution is 0.0955. The molecule has 3 heteroatoms. The molecule has 2 aromatic rings. The molecule has 0 aliphatic heterocycles. The molecular formula is C16H16N2O. The van der Waals surface area contributed by atoms with Crippen molar-refractivity contribution in [3.05, 3.63) is 60.2 Å². The van der Waals surface area contributed by atoms with Crippen molar-refractivity contribution in [2.24, 2.45) is 5.10 Å². The molecule has 2 aromatic carbocycles. The molecule has 1 N–H and O–H groups in total. The Bertz CT molecular complexity index is 559. The third-order valence-corrected chi connectivity index (χ3v) is 2.69. The van der Waals surface area contributed by atoms with Crippen LogP contribution in [0.3, 0.4) is 0 Å². The van der Waals surface area contributed by atoms with Gasteiger partial charge in [-0.05, 0) is 29.7 Å². The Morgan fingerprint density at radius 1 is 1.05 bits per heavy atom. The Balaban J connectivity index is 2.10. The summed E-state index contributed by atoms with van der Waals surface area (Å²) in [4.78, 5) is 11.7. The number of rotatable bonds is 4. The lowest BCUT2D eigenvalue weighted by Gasteiger charge is -2.03. The number of benzene rings is 2. The summed E-state index contributed by atoms with van der Waals surface area (Å²) in [5.41, 5.74) is 5.32. The third kappa shape index (κ3) is 3.52. The van der Waals surface area contributed by atoms with E-state index in [1.807, 2.05) is 49.4 Å². The Morgan fingerprint density at radius 3 is 2.32 bits per heavy atom. The average Bonchev–Trinajstić information content (AvgIpc) is 2.48. The monoisotopic (exact) mass is 252 g/mol. The lowest BCUT2D eigenvalue weighted by Crippen LogP contribution is -2.17. The maximum Gasteiger partial charge on any atom is 0.271 e. The fraction of sp³-hybridized carbons (Fsp3) is 0.125. The molecule has 2 rings (SSSR count). The molecule has 0 aromatic heterocycles. The molecule has 0 saturated carbocycles. The number of hydrogen-bond acceptors (Lipinski definition) is 2. The van der Waals surface area contributed by atoms with E-state index < -0.39 is 0 Å². The van der Waals surface area contributed by atoms with E-state index in [-0.39, 0.29) is 5.91 Å². The molecule has 0 atom stereocenters. The number of carbonyl (C=O) groups is 1. The molecule has 0 radical (unpaired) electrons. The van der Waals surface area contributed by atoms with E-state index in [2.05, 4.69) is 10.5 Å². The summed E-state index contributed by atoms with van der Waals surface area (Å²) >= 11 is 0. The second-order valence-electron chi connectivity index (χ2n) is 4.10. The molecule has 19 heavy (non-hydrogen) atoms. The van der Waals surface area contributed by atoms with Gasteiger partial charge in [0.05, 0.1) is 0 Å². The molecule has 0 spiro atoms. The minimum atomic E-state index is -0.190. The predicted octanol–water partition coefficient (Wildman–Crippen LogP) is 3.48. The van der Waals surface area contributed by atoms with Crippen LogP contribution in [0, 0.1) is 0 Å². The van der Waals surface area contributed by atoms with E-state index in [4.69, 9.17) is 0 Å². The molecule has 96 valence electrons. The Kier molecular flexibility index (Phi) is 4.45. The highest BCUT2D eigenvalue weighted by Crippen LogP contribution is 2.19. The smallest absolute Gasteiger partial charge is 0.267 e. The van der Waals surface area contributed by atoms with Crippen LogP contribution in [0.25, 0.3) is 11.1 Å². The number of amides is 1. The molecule has 0 saturated heterocycles. The van der Waals surface area contributed by atoms with Crippen LogP contribution in [0.15, 0.2) is 59.7 Å². The van der Waals surface area contributed by atoms with Gasteiger partial charge in [0.15, 0.2) is 0 Å². The molecule has 0 unspecified atom stereocenters. The first kappa shape index (κ1) is 13.0. The highest BCUT2D eigenvalue weighted by atomic mass is 16.2. The van der Waals surface area contributed by atoms with Crippen molar-refractivity contribution in [3.8, 4) is 11.1 Å². The standard InChI is InChI=1S/C16H16N2O/c1-2-12-17-18-16(19)15-10-8-14(9-11-15)13-6-4-3-5-7-13/h3-12H,2H2,1H3,(H,18,19). The fourth-order valence-electron chi connectivity index (χ4n) is 1.70. The van der Waals surface area contributed by atoms with Gasteiger partial charge in [-0.15, -0.1) is 0 Å². The topological polar surface area (TPSA) is 41.5 Å². The van der Waals surface area contributed by atoms with Crippen molar-refractivity contribution < 1.29 is 4.79 Å². The number of hydrazone groups is 1. The first-order chi connectivity index (χ1) is 9.31. The van der Waals surface area contributed by atoms with Crippen LogP contribution in [-0.4, -0.2) is 12.1 Å². The van der Waals surface area contributed by atoms with E-state index >= 15 is 0 Å². The third-order valence-electron chi connectivity index (χ3n) is 2.69. The molecular weight excluding hydrogens is 236 g/mol. The van der Waals surface area contributed by atoms with Gasteiger partial charge >= 0.3 is 0 Å². The van der Waals surface area contributed by atoms with E-state index in [0.29, 0.717) is 5.56 Å². The van der Waals surface area contributed by atoms with Crippen molar-refractivity contribution in [1.82, 2.24) is 5.43 Å². The molecule has 0 fully saturated rings. The van der Waals surface area contributed by atoms with Crippen LogP contribution in [0.1, 0.15) is 23.7 Å². The molecule has 1 amide bonds. The maximum absolute atomic E-state index is 11.7. The zero-order chi connectivity index (χ0) is 13.5. The summed E-state index contributed by atoms with van der Waals surface area (Å²) in [6.07, 6.45) is 2.46. The van der Waals surface area contributed by atoms with E-state index in [9.17, 15) is 4.79 Å². The highest BCUT2D eigenvalue weighted by Gasteiger charge is 2.04. The van der Waals surface area contributed by atoms with Crippen LogP contribution in [0.5, 0.6) is 0 Å². The van der Waals surface area contributed by atoms with E-state index in [1.165, 1.54) is 0 Å². The van der Waals surface area contributed by atoms with Crippen molar-refractivity contribution in [2.75, 3.05) is 0 Å². The largest absolute Gasteiger partial charge is 0.271 e. The van der Waals surface area contributed by atoms with Crippen molar-refractivity contribution in [1.29, 1.82) is 0 Å². The lowest BCUT2D eigenvalue weighted by atomic mass is 10.0. The summed E-state index contributed by atoms with van der Waals surface area (Å²) in [6.45, 7) is 1.96. The quantitative estimate of drug-likeness (QED) is 0.657. The normalized spacial score (nSPS) is 10.6. The molecule has 0 aliphatic rings. The van der Waals surface area contributed by atoms with Crippen LogP contribution < -0.4 is 5.43 Å². The van der Waals surface area contributed by atoms with Crippen molar-refractivity contribution >= 4 is 12.1 Å². The van der Waals surface area contributed by atoms with Crippen LogP contribution in [0.4, 0.5) is 0 Å². The highest BCUT2D eigenvalue weighted by molar-refractivity contribution is 5.94. The van der Waals surface area contributed by atoms with Gasteiger partial charge in [0.2, 0.25) is 0 Å². The number of nitrogens with zero attached hydrogens (tertiary/aromatic N) is 1. The Hall–Kier alpha value is -2.42. The molecule has 0 heterocycles. The van der Waals surface area contributed by atoms with Gasteiger partial charge in [-0.1, -0.05) is 49.4 Å². The SMILES string of the molecule is CCC=NNC(=O)c1ccc(-c2ccccc2)cc1. The van der Waals surface area contributed by atoms with E-state index in [1.54, 1.807) is 18.3 Å². The Labute approximate surface area is 113 Å². The van der Waals surface area contributed by atoms with E-state index in [0.717, 1.165) is 17.5 Å². The number of nitrogens with one attached hydrogen (secondary N) is 1. The van der Waals surface area contributed by atoms with Crippen LogP contribution >= 0.6 is 0 Å². The zero-order valence-electron chi connectivity index (χ0n) is 10.8. The predicted molar refractivity (Wildman–Crippen MR) is 78.1 cm³/mol.